The predicted molar refractivity (Wildman–Crippen MR) is 103 cm³/mol. The molecule has 0 spiro atoms. The van der Waals surface area contributed by atoms with Gasteiger partial charge in [-0.15, -0.1) is 0 Å². The maximum atomic E-state index is 12.9. The number of thioether (sulfide) groups is 1. The van der Waals surface area contributed by atoms with Gasteiger partial charge in [0.1, 0.15) is 0 Å². The SMILES string of the molecule is Cc1ccc(SC(=O)c2cccc(Cn3cc(C(F)(F)F)ccc3=O)c2)cc1. The Morgan fingerprint density at radius 2 is 1.75 bits per heavy atom. The minimum absolute atomic E-state index is 0.0565. The number of aryl methyl sites for hydroxylation is 1. The Hall–Kier alpha value is -2.80. The molecule has 0 radical (unpaired) electrons. The highest BCUT2D eigenvalue weighted by Gasteiger charge is 2.31. The second kappa shape index (κ2) is 8.06. The average Bonchev–Trinajstić information content (AvgIpc) is 2.65. The molecular formula is C21H16F3NO2S. The summed E-state index contributed by atoms with van der Waals surface area (Å²) in [6.07, 6.45) is -3.74. The lowest BCUT2D eigenvalue weighted by Crippen LogP contribution is -2.22. The molecule has 0 saturated heterocycles. The number of pyridine rings is 1. The summed E-state index contributed by atoms with van der Waals surface area (Å²) in [7, 11) is 0. The van der Waals surface area contributed by atoms with E-state index in [0.29, 0.717) is 11.1 Å². The van der Waals surface area contributed by atoms with E-state index in [1.165, 1.54) is 0 Å². The Kier molecular flexibility index (Phi) is 5.74. The summed E-state index contributed by atoms with van der Waals surface area (Å²) in [5, 5.41) is -0.179. The van der Waals surface area contributed by atoms with Gasteiger partial charge in [0, 0.05) is 22.7 Å². The zero-order chi connectivity index (χ0) is 20.3. The van der Waals surface area contributed by atoms with E-state index in [2.05, 4.69) is 0 Å². The number of alkyl halides is 3. The van der Waals surface area contributed by atoms with Crippen LogP contribution in [0, 0.1) is 6.92 Å². The summed E-state index contributed by atoms with van der Waals surface area (Å²) in [4.78, 5) is 25.2. The van der Waals surface area contributed by atoms with E-state index >= 15 is 0 Å². The molecule has 0 aliphatic carbocycles. The molecule has 1 heterocycles. The highest BCUT2D eigenvalue weighted by molar-refractivity contribution is 8.14. The van der Waals surface area contributed by atoms with Crippen molar-refractivity contribution in [3.63, 3.8) is 0 Å². The Morgan fingerprint density at radius 3 is 2.43 bits per heavy atom. The number of nitrogens with zero attached hydrogens (tertiary/aromatic N) is 1. The zero-order valence-electron chi connectivity index (χ0n) is 14.9. The van der Waals surface area contributed by atoms with Gasteiger partial charge in [-0.05, 0) is 48.5 Å². The molecule has 0 atom stereocenters. The minimum Gasteiger partial charge on any atom is -0.311 e. The molecule has 0 fully saturated rings. The molecule has 1 aromatic heterocycles. The number of aromatic nitrogens is 1. The van der Waals surface area contributed by atoms with Gasteiger partial charge in [-0.3, -0.25) is 9.59 Å². The zero-order valence-corrected chi connectivity index (χ0v) is 15.7. The highest BCUT2D eigenvalue weighted by Crippen LogP contribution is 2.28. The van der Waals surface area contributed by atoms with Crippen molar-refractivity contribution in [1.29, 1.82) is 0 Å². The van der Waals surface area contributed by atoms with Gasteiger partial charge in [-0.2, -0.15) is 13.2 Å². The molecule has 2 aromatic carbocycles. The van der Waals surface area contributed by atoms with Gasteiger partial charge in [0.2, 0.25) is 5.12 Å². The van der Waals surface area contributed by atoms with Crippen LogP contribution in [0.25, 0.3) is 0 Å². The van der Waals surface area contributed by atoms with Crippen LogP contribution in [-0.4, -0.2) is 9.68 Å². The molecule has 0 saturated carbocycles. The van der Waals surface area contributed by atoms with Crippen molar-refractivity contribution in [2.75, 3.05) is 0 Å². The fourth-order valence-corrected chi connectivity index (χ4v) is 3.32. The van der Waals surface area contributed by atoms with Crippen LogP contribution in [-0.2, 0) is 12.7 Å². The van der Waals surface area contributed by atoms with Crippen LogP contribution in [0.2, 0.25) is 0 Å². The summed E-state index contributed by atoms with van der Waals surface area (Å²) < 4.78 is 39.6. The van der Waals surface area contributed by atoms with Crippen molar-refractivity contribution < 1.29 is 18.0 Å². The molecule has 0 N–H and O–H groups in total. The van der Waals surface area contributed by atoms with Crippen LogP contribution in [0.5, 0.6) is 0 Å². The minimum atomic E-state index is -4.53. The number of benzene rings is 2. The molecule has 3 nitrogen and oxygen atoms in total. The summed E-state index contributed by atoms with van der Waals surface area (Å²) in [6, 6.07) is 15.7. The monoisotopic (exact) mass is 403 g/mol. The van der Waals surface area contributed by atoms with Crippen molar-refractivity contribution in [2.24, 2.45) is 0 Å². The van der Waals surface area contributed by atoms with E-state index in [9.17, 15) is 22.8 Å². The molecule has 0 unspecified atom stereocenters. The molecule has 0 amide bonds. The first-order valence-corrected chi connectivity index (χ1v) is 9.19. The Labute approximate surface area is 163 Å². The van der Waals surface area contributed by atoms with Crippen molar-refractivity contribution in [1.82, 2.24) is 4.57 Å². The molecule has 3 rings (SSSR count). The second-order valence-electron chi connectivity index (χ2n) is 6.28. The average molecular weight is 403 g/mol. The van der Waals surface area contributed by atoms with E-state index in [1.807, 2.05) is 31.2 Å². The van der Waals surface area contributed by atoms with Crippen molar-refractivity contribution >= 4 is 16.9 Å². The van der Waals surface area contributed by atoms with Gasteiger partial charge < -0.3 is 4.57 Å². The van der Waals surface area contributed by atoms with Crippen molar-refractivity contribution in [3.05, 3.63) is 99.5 Å². The van der Waals surface area contributed by atoms with Gasteiger partial charge in [0.25, 0.3) is 5.56 Å². The molecule has 28 heavy (non-hydrogen) atoms. The highest BCUT2D eigenvalue weighted by atomic mass is 32.2. The third-order valence-corrected chi connectivity index (χ3v) is 4.99. The van der Waals surface area contributed by atoms with E-state index in [1.54, 1.807) is 24.3 Å². The van der Waals surface area contributed by atoms with Crippen LogP contribution in [0.3, 0.4) is 0 Å². The van der Waals surface area contributed by atoms with Crippen LogP contribution >= 0.6 is 11.8 Å². The third-order valence-electron chi connectivity index (χ3n) is 4.06. The number of hydrogen-bond donors (Lipinski definition) is 0. The molecular weight excluding hydrogens is 387 g/mol. The lowest BCUT2D eigenvalue weighted by molar-refractivity contribution is -0.138. The van der Waals surface area contributed by atoms with E-state index in [-0.39, 0.29) is 11.7 Å². The smallest absolute Gasteiger partial charge is 0.311 e. The van der Waals surface area contributed by atoms with Gasteiger partial charge in [-0.25, -0.2) is 0 Å². The maximum Gasteiger partial charge on any atom is 0.417 e. The lowest BCUT2D eigenvalue weighted by atomic mass is 10.1. The first-order chi connectivity index (χ1) is 13.2. The number of carbonyl (C=O) groups excluding carboxylic acids is 1. The number of rotatable bonds is 4. The molecule has 0 bridgehead atoms. The second-order valence-corrected chi connectivity index (χ2v) is 7.33. The van der Waals surface area contributed by atoms with Gasteiger partial charge in [0.15, 0.2) is 0 Å². The summed E-state index contributed by atoms with van der Waals surface area (Å²) in [5.74, 6) is 0. The van der Waals surface area contributed by atoms with Gasteiger partial charge in [-0.1, -0.05) is 35.9 Å². The van der Waals surface area contributed by atoms with Crippen LogP contribution in [0.4, 0.5) is 13.2 Å². The molecule has 0 aliphatic heterocycles. The van der Waals surface area contributed by atoms with Crippen LogP contribution < -0.4 is 5.56 Å². The molecule has 7 heteroatoms. The van der Waals surface area contributed by atoms with Crippen molar-refractivity contribution in [2.45, 2.75) is 24.5 Å². The largest absolute Gasteiger partial charge is 0.417 e. The third kappa shape index (κ3) is 4.92. The summed E-state index contributed by atoms with van der Waals surface area (Å²) >= 11 is 1.07. The lowest BCUT2D eigenvalue weighted by Gasteiger charge is -2.11. The van der Waals surface area contributed by atoms with E-state index < -0.39 is 17.3 Å². The van der Waals surface area contributed by atoms with Crippen LogP contribution in [0.15, 0.2) is 76.6 Å². The first kappa shape index (κ1) is 19.9. The predicted octanol–water partition coefficient (Wildman–Crippen LogP) is 5.16. The molecule has 0 aliphatic rings. The van der Waals surface area contributed by atoms with Crippen LogP contribution in [0.1, 0.15) is 27.0 Å². The Balaban J connectivity index is 1.81. The quantitative estimate of drug-likeness (QED) is 0.565. The van der Waals surface area contributed by atoms with Crippen molar-refractivity contribution in [3.8, 4) is 0 Å². The number of hydrogen-bond acceptors (Lipinski definition) is 3. The van der Waals surface area contributed by atoms with Gasteiger partial charge >= 0.3 is 6.18 Å². The fourth-order valence-electron chi connectivity index (χ4n) is 2.59. The normalized spacial score (nSPS) is 11.4. The first-order valence-electron chi connectivity index (χ1n) is 8.38. The Morgan fingerprint density at radius 1 is 1.04 bits per heavy atom. The fraction of sp³-hybridized carbons (Fsp3) is 0.143. The topological polar surface area (TPSA) is 39.1 Å². The molecule has 3 aromatic rings. The Bertz CT molecular complexity index is 1060. The summed E-state index contributed by atoms with van der Waals surface area (Å²) in [6.45, 7) is 1.90. The molecule has 144 valence electrons. The standard InChI is InChI=1S/C21H16F3NO2S/c1-14-5-8-18(9-6-14)28-20(27)16-4-2-3-15(11-16)12-25-13-17(21(22,23)24)7-10-19(25)26/h2-11,13H,12H2,1H3. The van der Waals surface area contributed by atoms with E-state index in [4.69, 9.17) is 0 Å². The maximum absolute atomic E-state index is 12.9. The summed E-state index contributed by atoms with van der Waals surface area (Å²) in [5.41, 5.74) is 0.637. The van der Waals surface area contributed by atoms with Gasteiger partial charge in [0.05, 0.1) is 12.1 Å². The number of carbonyl (C=O) groups is 1. The number of halogens is 3. The van der Waals surface area contributed by atoms with E-state index in [0.717, 1.165) is 45.1 Å².